The molecule has 2 aromatic carbocycles. The maximum Gasteiger partial charge on any atom is 0.416 e. The fraction of sp³-hybridized carbons (Fsp3) is 0.458. The van der Waals surface area contributed by atoms with Crippen LogP contribution in [0.5, 0.6) is 11.5 Å². The number of para-hydroxylation sites is 2. The molecule has 178 valence electrons. The van der Waals surface area contributed by atoms with Gasteiger partial charge >= 0.3 is 6.18 Å². The van der Waals surface area contributed by atoms with Crippen molar-refractivity contribution in [1.29, 1.82) is 0 Å². The molecule has 1 fully saturated rings. The Hall–Kier alpha value is -2.45. The number of halogens is 4. The molecular weight excluding hydrogens is 457 g/mol. The van der Waals surface area contributed by atoms with Crippen LogP contribution in [-0.4, -0.2) is 37.7 Å². The maximum absolute atomic E-state index is 13.0. The van der Waals surface area contributed by atoms with Crippen LogP contribution in [0.3, 0.4) is 0 Å². The van der Waals surface area contributed by atoms with E-state index in [0.717, 1.165) is 61.9 Å². The molecule has 0 aromatic heterocycles. The van der Waals surface area contributed by atoms with Crippen molar-refractivity contribution in [1.82, 2.24) is 10.6 Å². The molecule has 2 aliphatic rings. The third-order valence-corrected chi connectivity index (χ3v) is 6.42. The van der Waals surface area contributed by atoms with Crippen LogP contribution in [0.2, 0.25) is 5.02 Å². The Morgan fingerprint density at radius 1 is 1.03 bits per heavy atom. The first-order valence-electron chi connectivity index (χ1n) is 11.1. The van der Waals surface area contributed by atoms with Crippen molar-refractivity contribution in [3.05, 3.63) is 58.6 Å². The van der Waals surface area contributed by atoms with Crippen LogP contribution in [0, 0.1) is 5.92 Å². The third kappa shape index (κ3) is 6.12. The molecule has 1 unspecified atom stereocenters. The number of rotatable bonds is 6. The number of ether oxygens (including phenoxy) is 2. The molecule has 0 bridgehead atoms. The molecule has 33 heavy (non-hydrogen) atoms. The molecule has 4 rings (SSSR count). The Balaban J connectivity index is 1.19. The van der Waals surface area contributed by atoms with Gasteiger partial charge < -0.3 is 20.1 Å². The quantitative estimate of drug-likeness (QED) is 0.603. The second kappa shape index (κ2) is 10.2. The number of alkyl halides is 3. The molecule has 1 atom stereocenters. The summed E-state index contributed by atoms with van der Waals surface area (Å²) in [6.07, 6.45) is -1.20. The Bertz CT molecular complexity index is 978. The topological polar surface area (TPSA) is 59.6 Å². The van der Waals surface area contributed by atoms with E-state index in [0.29, 0.717) is 19.1 Å². The summed E-state index contributed by atoms with van der Waals surface area (Å²) in [6, 6.07) is 10.3. The zero-order valence-corrected chi connectivity index (χ0v) is 18.7. The van der Waals surface area contributed by atoms with E-state index < -0.39 is 17.6 Å². The Morgan fingerprint density at radius 3 is 2.48 bits per heavy atom. The summed E-state index contributed by atoms with van der Waals surface area (Å²) >= 11 is 5.98. The van der Waals surface area contributed by atoms with Crippen molar-refractivity contribution in [2.75, 3.05) is 19.7 Å². The minimum absolute atomic E-state index is 0.00919. The van der Waals surface area contributed by atoms with E-state index in [4.69, 9.17) is 21.1 Å². The number of amides is 1. The van der Waals surface area contributed by atoms with E-state index in [1.54, 1.807) is 0 Å². The lowest BCUT2D eigenvalue weighted by molar-refractivity contribution is -0.137. The number of fused-ring (bicyclic) bond motifs is 1. The fourth-order valence-electron chi connectivity index (χ4n) is 4.26. The molecule has 1 saturated carbocycles. The molecule has 0 saturated heterocycles. The standard InChI is InChI=1S/C24H26ClF3N2O3/c25-20-10-7-16(24(26,27)28)11-19(20)23(31)30-17-8-5-15(6-9-17)12-29-13-18-14-32-21-3-1-2-4-22(21)33-18/h1-4,7,10-11,15,17-18,29H,5-6,8-9,12-14H2,(H,30,31)/t15-,17-,18?. The summed E-state index contributed by atoms with van der Waals surface area (Å²) in [5, 5.41) is 6.30. The van der Waals surface area contributed by atoms with Crippen molar-refractivity contribution < 1.29 is 27.4 Å². The highest BCUT2D eigenvalue weighted by atomic mass is 35.5. The lowest BCUT2D eigenvalue weighted by Gasteiger charge is -2.30. The SMILES string of the molecule is O=C(N[C@H]1CC[C@H](CNCC2COc3ccccc3O2)CC1)c1cc(C(F)(F)F)ccc1Cl. The molecule has 5 nitrogen and oxygen atoms in total. The summed E-state index contributed by atoms with van der Waals surface area (Å²) in [4.78, 5) is 12.5. The lowest BCUT2D eigenvalue weighted by atomic mass is 9.86. The molecule has 2 aromatic rings. The summed E-state index contributed by atoms with van der Waals surface area (Å²) < 4.78 is 50.5. The molecule has 0 spiro atoms. The Kier molecular flexibility index (Phi) is 7.34. The molecule has 0 radical (unpaired) electrons. The summed E-state index contributed by atoms with van der Waals surface area (Å²) in [6.45, 7) is 2.02. The summed E-state index contributed by atoms with van der Waals surface area (Å²) in [5.41, 5.74) is -1.03. The fourth-order valence-corrected chi connectivity index (χ4v) is 4.47. The van der Waals surface area contributed by atoms with Crippen molar-refractivity contribution >= 4 is 17.5 Å². The highest BCUT2D eigenvalue weighted by Gasteiger charge is 2.32. The first-order valence-corrected chi connectivity index (χ1v) is 11.4. The van der Waals surface area contributed by atoms with Gasteiger partial charge in [-0.1, -0.05) is 23.7 Å². The van der Waals surface area contributed by atoms with Gasteiger partial charge in [0.2, 0.25) is 0 Å². The van der Waals surface area contributed by atoms with Crippen LogP contribution in [-0.2, 0) is 6.18 Å². The largest absolute Gasteiger partial charge is 0.486 e. The second-order valence-electron chi connectivity index (χ2n) is 8.54. The average Bonchev–Trinajstić information content (AvgIpc) is 2.79. The van der Waals surface area contributed by atoms with Gasteiger partial charge in [0.25, 0.3) is 5.91 Å². The maximum atomic E-state index is 13.0. The highest BCUT2D eigenvalue weighted by molar-refractivity contribution is 6.33. The van der Waals surface area contributed by atoms with E-state index in [1.807, 2.05) is 24.3 Å². The van der Waals surface area contributed by atoms with Gasteiger partial charge in [-0.05, 0) is 68.5 Å². The number of carbonyl (C=O) groups is 1. The van der Waals surface area contributed by atoms with E-state index in [2.05, 4.69) is 10.6 Å². The van der Waals surface area contributed by atoms with Gasteiger partial charge in [0.05, 0.1) is 16.1 Å². The normalized spacial score (nSPS) is 22.6. The number of nitrogens with one attached hydrogen (secondary N) is 2. The number of hydrogen-bond acceptors (Lipinski definition) is 4. The molecule has 1 amide bonds. The Morgan fingerprint density at radius 2 is 1.76 bits per heavy atom. The molecule has 2 N–H and O–H groups in total. The molecule has 1 heterocycles. The van der Waals surface area contributed by atoms with Crippen LogP contribution in [0.25, 0.3) is 0 Å². The predicted octanol–water partition coefficient (Wildman–Crippen LogP) is 5.08. The minimum Gasteiger partial charge on any atom is -0.486 e. The van der Waals surface area contributed by atoms with Crippen LogP contribution >= 0.6 is 11.6 Å². The zero-order valence-electron chi connectivity index (χ0n) is 18.0. The van der Waals surface area contributed by atoms with Crippen LogP contribution in [0.1, 0.15) is 41.6 Å². The van der Waals surface area contributed by atoms with Crippen molar-refractivity contribution in [2.24, 2.45) is 5.92 Å². The zero-order chi connectivity index (χ0) is 23.4. The monoisotopic (exact) mass is 482 g/mol. The smallest absolute Gasteiger partial charge is 0.416 e. The molecule has 1 aliphatic heterocycles. The first-order chi connectivity index (χ1) is 15.8. The van der Waals surface area contributed by atoms with Crippen LogP contribution < -0.4 is 20.1 Å². The van der Waals surface area contributed by atoms with E-state index in [1.165, 1.54) is 0 Å². The van der Waals surface area contributed by atoms with Crippen LogP contribution in [0.4, 0.5) is 13.2 Å². The molecule has 1 aliphatic carbocycles. The van der Waals surface area contributed by atoms with Gasteiger partial charge in [0, 0.05) is 12.6 Å². The summed E-state index contributed by atoms with van der Waals surface area (Å²) in [7, 11) is 0. The summed E-state index contributed by atoms with van der Waals surface area (Å²) in [5.74, 6) is 1.42. The number of carbonyl (C=O) groups excluding carboxylic acids is 1. The van der Waals surface area contributed by atoms with Gasteiger partial charge in [-0.2, -0.15) is 13.2 Å². The van der Waals surface area contributed by atoms with Gasteiger partial charge in [0.15, 0.2) is 11.5 Å². The van der Waals surface area contributed by atoms with Gasteiger partial charge in [0.1, 0.15) is 12.7 Å². The van der Waals surface area contributed by atoms with Gasteiger partial charge in [-0.15, -0.1) is 0 Å². The van der Waals surface area contributed by atoms with E-state index in [-0.39, 0.29) is 22.7 Å². The minimum atomic E-state index is -4.52. The predicted molar refractivity (Wildman–Crippen MR) is 119 cm³/mol. The third-order valence-electron chi connectivity index (χ3n) is 6.09. The van der Waals surface area contributed by atoms with Crippen molar-refractivity contribution in [3.63, 3.8) is 0 Å². The van der Waals surface area contributed by atoms with E-state index >= 15 is 0 Å². The van der Waals surface area contributed by atoms with Crippen molar-refractivity contribution in [3.8, 4) is 11.5 Å². The lowest BCUT2D eigenvalue weighted by Crippen LogP contribution is -2.42. The Labute approximate surface area is 195 Å². The second-order valence-corrected chi connectivity index (χ2v) is 8.95. The molecule has 9 heteroatoms. The van der Waals surface area contributed by atoms with Crippen molar-refractivity contribution in [2.45, 2.75) is 44.0 Å². The number of benzene rings is 2. The van der Waals surface area contributed by atoms with Crippen LogP contribution in [0.15, 0.2) is 42.5 Å². The molecular formula is C24H26ClF3N2O3. The first kappa shape index (κ1) is 23.7. The van der Waals surface area contributed by atoms with Gasteiger partial charge in [-0.25, -0.2) is 0 Å². The van der Waals surface area contributed by atoms with E-state index in [9.17, 15) is 18.0 Å². The number of hydrogen-bond donors (Lipinski definition) is 2. The van der Waals surface area contributed by atoms with Gasteiger partial charge in [-0.3, -0.25) is 4.79 Å². The highest BCUT2D eigenvalue weighted by Crippen LogP contribution is 2.33. The average molecular weight is 483 g/mol.